The van der Waals surface area contributed by atoms with Crippen LogP contribution in [0.4, 0.5) is 0 Å². The van der Waals surface area contributed by atoms with E-state index in [1.807, 2.05) is 24.3 Å². The van der Waals surface area contributed by atoms with Gasteiger partial charge in [0.25, 0.3) is 0 Å². The lowest BCUT2D eigenvalue weighted by Crippen LogP contribution is -2.22. The quantitative estimate of drug-likeness (QED) is 0.598. The summed E-state index contributed by atoms with van der Waals surface area (Å²) in [5.41, 5.74) is 0.878. The molecule has 96 valence electrons. The van der Waals surface area contributed by atoms with Gasteiger partial charge in [0, 0.05) is 0 Å². The lowest BCUT2D eigenvalue weighted by molar-refractivity contribution is -0.118. The molecule has 0 saturated carbocycles. The molecule has 2 atom stereocenters. The molecule has 0 spiro atoms. The van der Waals surface area contributed by atoms with Crippen LogP contribution in [-0.2, 0) is 9.53 Å². The summed E-state index contributed by atoms with van der Waals surface area (Å²) in [5.74, 6) is 3.15. The molecule has 2 unspecified atom stereocenters. The minimum atomic E-state index is -0.417. The number of rotatable bonds is 6. The van der Waals surface area contributed by atoms with Crippen LogP contribution < -0.4 is 4.74 Å². The molecule has 0 amide bonds. The van der Waals surface area contributed by atoms with Gasteiger partial charge in [-0.25, -0.2) is 0 Å². The van der Waals surface area contributed by atoms with Crippen LogP contribution in [0.2, 0.25) is 0 Å². The number of benzene rings is 1. The number of methoxy groups -OCH3 is 1. The lowest BCUT2D eigenvalue weighted by Gasteiger charge is -2.21. The Morgan fingerprint density at radius 1 is 1.44 bits per heavy atom. The zero-order valence-corrected chi connectivity index (χ0v) is 11.9. The van der Waals surface area contributed by atoms with Crippen molar-refractivity contribution in [2.75, 3.05) is 13.7 Å². The van der Waals surface area contributed by atoms with Gasteiger partial charge in [-0.1, -0.05) is 34.0 Å². The summed E-state index contributed by atoms with van der Waals surface area (Å²) in [4.78, 5) is 11.0. The normalized spacial score (nSPS) is 13.4. The molecule has 0 fully saturated rings. The number of halogens is 1. The molecule has 18 heavy (non-hydrogen) atoms. The van der Waals surface area contributed by atoms with E-state index in [1.54, 1.807) is 7.11 Å². The second kappa shape index (κ2) is 7.20. The highest BCUT2D eigenvalue weighted by Gasteiger charge is 2.25. The maximum atomic E-state index is 11.4. The molecule has 0 radical (unpaired) electrons. The van der Waals surface area contributed by atoms with Gasteiger partial charge in [0.1, 0.15) is 29.1 Å². The predicted molar refractivity (Wildman–Crippen MR) is 73.9 cm³/mol. The van der Waals surface area contributed by atoms with E-state index in [0.717, 1.165) is 11.3 Å². The summed E-state index contributed by atoms with van der Waals surface area (Å²) in [7, 11) is 1.60. The number of alkyl halides is 1. The number of ether oxygens (including phenoxy) is 2. The van der Waals surface area contributed by atoms with E-state index in [0.29, 0.717) is 0 Å². The van der Waals surface area contributed by atoms with Crippen molar-refractivity contribution in [1.29, 1.82) is 0 Å². The summed E-state index contributed by atoms with van der Waals surface area (Å²) in [6, 6.07) is 7.36. The highest BCUT2D eigenvalue weighted by molar-refractivity contribution is 9.10. The fourth-order valence-electron chi connectivity index (χ4n) is 1.49. The van der Waals surface area contributed by atoms with Crippen LogP contribution in [0.3, 0.4) is 0 Å². The second-order valence-corrected chi connectivity index (χ2v) is 4.71. The number of hydrogen-bond donors (Lipinski definition) is 0. The van der Waals surface area contributed by atoms with E-state index in [9.17, 15) is 4.79 Å². The van der Waals surface area contributed by atoms with Crippen LogP contribution in [0.25, 0.3) is 0 Å². The van der Waals surface area contributed by atoms with Crippen molar-refractivity contribution in [3.63, 3.8) is 0 Å². The van der Waals surface area contributed by atoms with Gasteiger partial charge in [0.05, 0.1) is 7.11 Å². The average molecular weight is 311 g/mol. The predicted octanol–water partition coefficient (Wildman–Crippen LogP) is 2.74. The third-order valence-electron chi connectivity index (χ3n) is 2.44. The van der Waals surface area contributed by atoms with Gasteiger partial charge >= 0.3 is 0 Å². The van der Waals surface area contributed by atoms with E-state index in [-0.39, 0.29) is 12.4 Å². The zero-order chi connectivity index (χ0) is 13.5. The maximum absolute atomic E-state index is 11.4. The molecular formula is C14H15BrO3. The Bertz CT molecular complexity index is 433. The first-order chi connectivity index (χ1) is 8.60. The smallest absolute Gasteiger partial charge is 0.146 e. The number of terminal acetylenes is 1. The molecule has 0 N–H and O–H groups in total. The van der Waals surface area contributed by atoms with Crippen LogP contribution in [0, 0.1) is 12.3 Å². The van der Waals surface area contributed by atoms with Crippen molar-refractivity contribution < 1.29 is 14.3 Å². The Kier molecular flexibility index (Phi) is 5.90. The number of Topliss-reactive ketones (excluding diaryl/α,β-unsaturated/α-hetero) is 1. The SMILES string of the molecule is C#CCOC(c1ccc(OC)cc1)C(Br)C(C)=O. The van der Waals surface area contributed by atoms with Gasteiger partial charge in [-0.15, -0.1) is 6.42 Å². The Morgan fingerprint density at radius 3 is 2.50 bits per heavy atom. The van der Waals surface area contributed by atoms with E-state index in [1.165, 1.54) is 6.92 Å². The zero-order valence-electron chi connectivity index (χ0n) is 10.4. The summed E-state index contributed by atoms with van der Waals surface area (Å²) in [5, 5.41) is 0. The van der Waals surface area contributed by atoms with Crippen LogP contribution in [0.5, 0.6) is 5.75 Å². The third-order valence-corrected chi connectivity index (χ3v) is 3.57. The molecule has 1 aromatic carbocycles. The second-order valence-electron chi connectivity index (χ2n) is 3.72. The number of ketones is 1. The van der Waals surface area contributed by atoms with E-state index in [2.05, 4.69) is 21.9 Å². The molecule has 0 bridgehead atoms. The van der Waals surface area contributed by atoms with Crippen molar-refractivity contribution in [3.8, 4) is 18.1 Å². The van der Waals surface area contributed by atoms with Crippen LogP contribution in [-0.4, -0.2) is 24.3 Å². The molecule has 0 heterocycles. The molecular weight excluding hydrogens is 296 g/mol. The van der Waals surface area contributed by atoms with Crippen molar-refractivity contribution in [2.45, 2.75) is 17.9 Å². The molecule has 0 saturated heterocycles. The third kappa shape index (κ3) is 3.86. The highest BCUT2D eigenvalue weighted by Crippen LogP contribution is 2.28. The lowest BCUT2D eigenvalue weighted by atomic mass is 10.0. The minimum Gasteiger partial charge on any atom is -0.497 e. The van der Waals surface area contributed by atoms with Gasteiger partial charge in [-0.3, -0.25) is 4.79 Å². The van der Waals surface area contributed by atoms with Gasteiger partial charge < -0.3 is 9.47 Å². The Morgan fingerprint density at radius 2 is 2.06 bits per heavy atom. The molecule has 0 aliphatic rings. The summed E-state index contributed by atoms with van der Waals surface area (Å²) in [6.45, 7) is 1.67. The van der Waals surface area contributed by atoms with E-state index >= 15 is 0 Å². The van der Waals surface area contributed by atoms with Gasteiger partial charge in [-0.2, -0.15) is 0 Å². The summed E-state index contributed by atoms with van der Waals surface area (Å²) < 4.78 is 10.6. The van der Waals surface area contributed by atoms with Crippen LogP contribution >= 0.6 is 15.9 Å². The first-order valence-electron chi connectivity index (χ1n) is 5.43. The topological polar surface area (TPSA) is 35.5 Å². The Balaban J connectivity index is 2.93. The van der Waals surface area contributed by atoms with Gasteiger partial charge in [-0.05, 0) is 24.6 Å². The molecule has 1 rings (SSSR count). The van der Waals surface area contributed by atoms with Crippen LogP contribution in [0.1, 0.15) is 18.6 Å². The fourth-order valence-corrected chi connectivity index (χ4v) is 1.95. The number of carbonyl (C=O) groups excluding carboxylic acids is 1. The monoisotopic (exact) mass is 310 g/mol. The minimum absolute atomic E-state index is 0.00663. The highest BCUT2D eigenvalue weighted by atomic mass is 79.9. The standard InChI is InChI=1S/C14H15BrO3/c1-4-9-18-14(13(15)10(2)16)11-5-7-12(17-3)8-6-11/h1,5-8,13-14H,9H2,2-3H3. The molecule has 1 aromatic rings. The van der Waals surface area contributed by atoms with E-state index < -0.39 is 10.9 Å². The van der Waals surface area contributed by atoms with Gasteiger partial charge in [0.2, 0.25) is 0 Å². The molecule has 4 heteroatoms. The molecule has 0 aliphatic heterocycles. The van der Waals surface area contributed by atoms with Crippen LogP contribution in [0.15, 0.2) is 24.3 Å². The largest absolute Gasteiger partial charge is 0.497 e. The van der Waals surface area contributed by atoms with Crippen molar-refractivity contribution in [1.82, 2.24) is 0 Å². The molecule has 0 aliphatic carbocycles. The Hall–Kier alpha value is -1.31. The van der Waals surface area contributed by atoms with Crippen molar-refractivity contribution in [3.05, 3.63) is 29.8 Å². The van der Waals surface area contributed by atoms with Crippen molar-refractivity contribution in [2.24, 2.45) is 0 Å². The Labute approximate surface area is 116 Å². The first-order valence-corrected chi connectivity index (χ1v) is 6.35. The van der Waals surface area contributed by atoms with E-state index in [4.69, 9.17) is 15.9 Å². The molecule has 3 nitrogen and oxygen atoms in total. The van der Waals surface area contributed by atoms with Crippen molar-refractivity contribution >= 4 is 21.7 Å². The first kappa shape index (κ1) is 14.7. The summed E-state index contributed by atoms with van der Waals surface area (Å²) >= 11 is 3.34. The molecule has 0 aromatic heterocycles. The number of carbonyl (C=O) groups is 1. The van der Waals surface area contributed by atoms with Gasteiger partial charge in [0.15, 0.2) is 0 Å². The fraction of sp³-hybridized carbons (Fsp3) is 0.357. The average Bonchev–Trinajstić information content (AvgIpc) is 2.39. The summed E-state index contributed by atoms with van der Waals surface area (Å²) in [6.07, 6.45) is 4.78. The maximum Gasteiger partial charge on any atom is 0.146 e. The number of hydrogen-bond acceptors (Lipinski definition) is 3.